The Bertz CT molecular complexity index is 801. The Morgan fingerprint density at radius 2 is 1.76 bits per heavy atom. The van der Waals surface area contributed by atoms with Gasteiger partial charge < -0.3 is 16.0 Å². The van der Waals surface area contributed by atoms with Crippen molar-refractivity contribution in [3.05, 3.63) is 65.7 Å². The second-order valence-electron chi connectivity index (χ2n) is 7.68. The zero-order chi connectivity index (χ0) is 20.5. The standard InChI is InChI=1S/C24H31N3O2/c1-2-22(18-10-5-3-6-11-18)27-23(28)17-25-21-15-9-12-19(16-21)24(29)26-20-13-7-4-8-14-20/h3,5-6,9-12,15-16,20,22,25H,2,4,7-8,13-14,17H2,1H3,(H,26,29)(H,27,28). The van der Waals surface area contributed by atoms with Crippen LogP contribution in [0.4, 0.5) is 5.69 Å². The van der Waals surface area contributed by atoms with E-state index in [2.05, 4.69) is 22.9 Å². The van der Waals surface area contributed by atoms with Crippen molar-refractivity contribution in [3.8, 4) is 0 Å². The van der Waals surface area contributed by atoms with Crippen LogP contribution in [-0.4, -0.2) is 24.4 Å². The van der Waals surface area contributed by atoms with E-state index >= 15 is 0 Å². The molecule has 154 valence electrons. The van der Waals surface area contributed by atoms with Crippen LogP contribution in [0.15, 0.2) is 54.6 Å². The molecule has 2 amide bonds. The highest BCUT2D eigenvalue weighted by Crippen LogP contribution is 2.19. The quantitative estimate of drug-likeness (QED) is 0.621. The molecule has 1 unspecified atom stereocenters. The maximum Gasteiger partial charge on any atom is 0.251 e. The van der Waals surface area contributed by atoms with E-state index in [0.29, 0.717) is 5.56 Å². The Morgan fingerprint density at radius 3 is 2.48 bits per heavy atom. The maximum absolute atomic E-state index is 12.5. The van der Waals surface area contributed by atoms with E-state index in [1.807, 2.05) is 48.5 Å². The van der Waals surface area contributed by atoms with Gasteiger partial charge in [-0.1, -0.05) is 62.6 Å². The number of anilines is 1. The van der Waals surface area contributed by atoms with Gasteiger partial charge in [0.2, 0.25) is 5.91 Å². The fourth-order valence-electron chi connectivity index (χ4n) is 3.82. The number of amides is 2. The van der Waals surface area contributed by atoms with E-state index in [9.17, 15) is 9.59 Å². The molecule has 1 aliphatic rings. The van der Waals surface area contributed by atoms with Crippen molar-refractivity contribution in [2.45, 2.75) is 57.5 Å². The Hall–Kier alpha value is -2.82. The molecule has 5 nitrogen and oxygen atoms in total. The van der Waals surface area contributed by atoms with Gasteiger partial charge >= 0.3 is 0 Å². The molecule has 0 spiro atoms. The predicted octanol–water partition coefficient (Wildman–Crippen LogP) is 4.43. The van der Waals surface area contributed by atoms with Gasteiger partial charge in [0.1, 0.15) is 0 Å². The molecule has 5 heteroatoms. The van der Waals surface area contributed by atoms with E-state index in [1.54, 1.807) is 6.07 Å². The van der Waals surface area contributed by atoms with E-state index in [0.717, 1.165) is 30.5 Å². The normalized spacial score (nSPS) is 15.3. The fraction of sp³-hybridized carbons (Fsp3) is 0.417. The first-order valence-corrected chi connectivity index (χ1v) is 10.6. The molecule has 0 aromatic heterocycles. The van der Waals surface area contributed by atoms with Gasteiger partial charge in [0.05, 0.1) is 12.6 Å². The molecule has 0 bridgehead atoms. The van der Waals surface area contributed by atoms with Crippen molar-refractivity contribution in [1.29, 1.82) is 0 Å². The van der Waals surface area contributed by atoms with Gasteiger partial charge in [-0.05, 0) is 43.0 Å². The summed E-state index contributed by atoms with van der Waals surface area (Å²) in [7, 11) is 0. The first kappa shape index (κ1) is 20.9. The monoisotopic (exact) mass is 393 g/mol. The molecule has 0 radical (unpaired) electrons. The number of carbonyl (C=O) groups excluding carboxylic acids is 2. The number of rotatable bonds is 8. The lowest BCUT2D eigenvalue weighted by atomic mass is 9.95. The van der Waals surface area contributed by atoms with Crippen molar-refractivity contribution in [2.75, 3.05) is 11.9 Å². The lowest BCUT2D eigenvalue weighted by Crippen LogP contribution is -2.36. The van der Waals surface area contributed by atoms with Gasteiger partial charge in [-0.25, -0.2) is 0 Å². The molecule has 1 saturated carbocycles. The van der Waals surface area contributed by atoms with Crippen LogP contribution < -0.4 is 16.0 Å². The van der Waals surface area contributed by atoms with Gasteiger partial charge in [-0.3, -0.25) is 9.59 Å². The summed E-state index contributed by atoms with van der Waals surface area (Å²) in [6.45, 7) is 2.22. The largest absolute Gasteiger partial charge is 0.376 e. The first-order valence-electron chi connectivity index (χ1n) is 10.6. The summed E-state index contributed by atoms with van der Waals surface area (Å²) in [6, 6.07) is 17.6. The molecule has 3 N–H and O–H groups in total. The summed E-state index contributed by atoms with van der Waals surface area (Å²) in [6.07, 6.45) is 6.57. The van der Waals surface area contributed by atoms with Crippen LogP contribution in [-0.2, 0) is 4.79 Å². The third-order valence-corrected chi connectivity index (χ3v) is 5.46. The summed E-state index contributed by atoms with van der Waals surface area (Å²) in [5.74, 6) is -0.113. The Balaban J connectivity index is 1.51. The third-order valence-electron chi connectivity index (χ3n) is 5.46. The predicted molar refractivity (Wildman–Crippen MR) is 117 cm³/mol. The molecular weight excluding hydrogens is 362 g/mol. The van der Waals surface area contributed by atoms with Crippen molar-refractivity contribution in [3.63, 3.8) is 0 Å². The van der Waals surface area contributed by atoms with Gasteiger partial charge in [-0.2, -0.15) is 0 Å². The van der Waals surface area contributed by atoms with Crippen LogP contribution >= 0.6 is 0 Å². The second kappa shape index (κ2) is 10.6. The summed E-state index contributed by atoms with van der Waals surface area (Å²) in [5.41, 5.74) is 2.49. The maximum atomic E-state index is 12.5. The van der Waals surface area contributed by atoms with Crippen LogP contribution in [0.2, 0.25) is 0 Å². The van der Waals surface area contributed by atoms with Crippen LogP contribution in [0.5, 0.6) is 0 Å². The van der Waals surface area contributed by atoms with E-state index in [4.69, 9.17) is 0 Å². The van der Waals surface area contributed by atoms with Crippen molar-refractivity contribution in [1.82, 2.24) is 10.6 Å². The molecule has 2 aromatic carbocycles. The number of benzene rings is 2. The summed E-state index contributed by atoms with van der Waals surface area (Å²) < 4.78 is 0. The van der Waals surface area contributed by atoms with Crippen molar-refractivity contribution < 1.29 is 9.59 Å². The molecule has 1 atom stereocenters. The van der Waals surface area contributed by atoms with Crippen LogP contribution in [0.25, 0.3) is 0 Å². The lowest BCUT2D eigenvalue weighted by Gasteiger charge is -2.22. The van der Waals surface area contributed by atoms with E-state index in [-0.39, 0.29) is 30.4 Å². The molecule has 1 aliphatic carbocycles. The number of hydrogen-bond donors (Lipinski definition) is 3. The van der Waals surface area contributed by atoms with Crippen LogP contribution in [0, 0.1) is 0 Å². The zero-order valence-corrected chi connectivity index (χ0v) is 17.1. The highest BCUT2D eigenvalue weighted by molar-refractivity contribution is 5.95. The smallest absolute Gasteiger partial charge is 0.251 e. The SMILES string of the molecule is CCC(NC(=O)CNc1cccc(C(=O)NC2CCCCC2)c1)c1ccccc1. The van der Waals surface area contributed by atoms with Crippen molar-refractivity contribution >= 4 is 17.5 Å². The average molecular weight is 394 g/mol. The summed E-state index contributed by atoms with van der Waals surface area (Å²) in [4.78, 5) is 24.9. The fourth-order valence-corrected chi connectivity index (χ4v) is 3.82. The number of carbonyl (C=O) groups is 2. The first-order chi connectivity index (χ1) is 14.2. The second-order valence-corrected chi connectivity index (χ2v) is 7.68. The molecule has 3 rings (SSSR count). The average Bonchev–Trinajstić information content (AvgIpc) is 2.77. The van der Waals surface area contributed by atoms with Crippen molar-refractivity contribution in [2.24, 2.45) is 0 Å². The Morgan fingerprint density at radius 1 is 1.00 bits per heavy atom. The highest BCUT2D eigenvalue weighted by atomic mass is 16.2. The minimum atomic E-state index is -0.0715. The molecule has 29 heavy (non-hydrogen) atoms. The lowest BCUT2D eigenvalue weighted by molar-refractivity contribution is -0.120. The molecule has 2 aromatic rings. The molecular formula is C24H31N3O2. The van der Waals surface area contributed by atoms with Gasteiger partial charge in [-0.15, -0.1) is 0 Å². The van der Waals surface area contributed by atoms with Crippen LogP contribution in [0.3, 0.4) is 0 Å². The van der Waals surface area contributed by atoms with E-state index < -0.39 is 0 Å². The molecule has 1 fully saturated rings. The van der Waals surface area contributed by atoms with Gasteiger partial charge in [0.15, 0.2) is 0 Å². The number of hydrogen-bond acceptors (Lipinski definition) is 3. The summed E-state index contributed by atoms with van der Waals surface area (Å²) in [5, 5.41) is 9.33. The van der Waals surface area contributed by atoms with E-state index in [1.165, 1.54) is 19.3 Å². The van der Waals surface area contributed by atoms with Gasteiger partial charge in [0, 0.05) is 17.3 Å². The Kier molecular flexibility index (Phi) is 7.68. The third kappa shape index (κ3) is 6.34. The van der Waals surface area contributed by atoms with Gasteiger partial charge in [0.25, 0.3) is 5.91 Å². The molecule has 0 saturated heterocycles. The minimum absolute atomic E-state index is 0.00175. The van der Waals surface area contributed by atoms with Crippen LogP contribution in [0.1, 0.15) is 67.4 Å². The molecule has 0 aliphatic heterocycles. The number of nitrogens with one attached hydrogen (secondary N) is 3. The topological polar surface area (TPSA) is 70.2 Å². The zero-order valence-electron chi connectivity index (χ0n) is 17.1. The highest BCUT2D eigenvalue weighted by Gasteiger charge is 2.17. The summed E-state index contributed by atoms with van der Waals surface area (Å²) >= 11 is 0. The Labute approximate surface area is 173 Å². The minimum Gasteiger partial charge on any atom is -0.376 e. The molecule has 0 heterocycles.